The maximum atomic E-state index is 5.64. The molecule has 25 heavy (non-hydrogen) atoms. The third kappa shape index (κ3) is 4.58. The number of nitrogens with one attached hydrogen (secondary N) is 1. The van der Waals surface area contributed by atoms with Gasteiger partial charge < -0.3 is 14.8 Å². The van der Waals surface area contributed by atoms with Crippen LogP contribution in [0.4, 0.5) is 5.69 Å². The number of nitrogens with zero attached hydrogens (tertiary/aromatic N) is 3. The van der Waals surface area contributed by atoms with Crippen molar-refractivity contribution >= 4 is 5.69 Å². The van der Waals surface area contributed by atoms with Gasteiger partial charge in [-0.15, -0.1) is 5.10 Å². The van der Waals surface area contributed by atoms with Gasteiger partial charge in [0, 0.05) is 18.9 Å². The highest BCUT2D eigenvalue weighted by atomic mass is 16.5. The van der Waals surface area contributed by atoms with Gasteiger partial charge in [-0.05, 0) is 31.2 Å². The summed E-state index contributed by atoms with van der Waals surface area (Å²) in [7, 11) is 1.66. The van der Waals surface area contributed by atoms with Crippen LogP contribution in [0, 0.1) is 0 Å². The van der Waals surface area contributed by atoms with Crippen LogP contribution in [0.5, 0.6) is 5.75 Å². The molecule has 6 nitrogen and oxygen atoms in total. The maximum Gasteiger partial charge on any atom is 0.121 e. The molecule has 0 fully saturated rings. The number of hydrogen-bond donors (Lipinski definition) is 1. The van der Waals surface area contributed by atoms with Crippen molar-refractivity contribution in [3.63, 3.8) is 0 Å². The fourth-order valence-corrected chi connectivity index (χ4v) is 2.42. The molecule has 3 aromatic rings. The molecule has 1 N–H and O–H groups in total. The van der Waals surface area contributed by atoms with Crippen molar-refractivity contribution in [3.8, 4) is 11.4 Å². The minimum atomic E-state index is 0.0201. The summed E-state index contributed by atoms with van der Waals surface area (Å²) in [5, 5.41) is 11.9. The highest BCUT2D eigenvalue weighted by molar-refractivity contribution is 5.49. The molecule has 0 aliphatic carbocycles. The number of ether oxygens (including phenoxy) is 2. The zero-order valence-corrected chi connectivity index (χ0v) is 14.4. The van der Waals surface area contributed by atoms with Gasteiger partial charge in [-0.1, -0.05) is 29.5 Å². The Kier molecular flexibility index (Phi) is 5.64. The molecular formula is C19H22N4O2. The average Bonchev–Trinajstić information content (AvgIpc) is 3.13. The van der Waals surface area contributed by atoms with E-state index < -0.39 is 0 Å². The lowest BCUT2D eigenvalue weighted by Crippen LogP contribution is -2.08. The largest absolute Gasteiger partial charge is 0.491 e. The van der Waals surface area contributed by atoms with Crippen molar-refractivity contribution in [1.29, 1.82) is 0 Å². The smallest absolute Gasteiger partial charge is 0.121 e. The minimum Gasteiger partial charge on any atom is -0.491 e. The molecule has 0 aliphatic heterocycles. The Bertz CT molecular complexity index is 789. The standard InChI is InChI=1S/C19H22N4O2/c1-15(19-14-23(22-21-19)17-8-4-3-5-9-17)20-16-7-6-10-18(13-16)25-12-11-24-2/h3-10,13-15,20H,11-12H2,1-2H3/t15-/m1/s1. The van der Waals surface area contributed by atoms with Crippen molar-refractivity contribution in [1.82, 2.24) is 15.0 Å². The Morgan fingerprint density at radius 1 is 1.08 bits per heavy atom. The van der Waals surface area contributed by atoms with E-state index in [-0.39, 0.29) is 6.04 Å². The van der Waals surface area contributed by atoms with Crippen molar-refractivity contribution in [2.75, 3.05) is 25.6 Å². The Balaban J connectivity index is 1.65. The first-order chi connectivity index (χ1) is 12.3. The molecule has 0 spiro atoms. The molecule has 2 aromatic carbocycles. The lowest BCUT2D eigenvalue weighted by Gasteiger charge is -2.14. The molecule has 1 atom stereocenters. The zero-order valence-electron chi connectivity index (χ0n) is 14.4. The fourth-order valence-electron chi connectivity index (χ4n) is 2.42. The number of benzene rings is 2. The van der Waals surface area contributed by atoms with E-state index in [1.54, 1.807) is 11.8 Å². The molecule has 0 radical (unpaired) electrons. The number of anilines is 1. The molecule has 130 valence electrons. The second kappa shape index (κ2) is 8.30. The summed E-state index contributed by atoms with van der Waals surface area (Å²) in [4.78, 5) is 0. The second-order valence-corrected chi connectivity index (χ2v) is 5.66. The van der Waals surface area contributed by atoms with Gasteiger partial charge in [0.1, 0.15) is 18.1 Å². The number of rotatable bonds is 8. The molecule has 1 heterocycles. The predicted octanol–water partition coefficient (Wildman–Crippen LogP) is 3.47. The van der Waals surface area contributed by atoms with Gasteiger partial charge in [-0.2, -0.15) is 0 Å². The van der Waals surface area contributed by atoms with Gasteiger partial charge in [0.2, 0.25) is 0 Å². The van der Waals surface area contributed by atoms with E-state index in [0.29, 0.717) is 13.2 Å². The Morgan fingerprint density at radius 2 is 1.92 bits per heavy atom. The van der Waals surface area contributed by atoms with Crippen molar-refractivity contribution in [3.05, 3.63) is 66.5 Å². The Hall–Kier alpha value is -2.86. The molecule has 0 aliphatic rings. The Morgan fingerprint density at radius 3 is 2.72 bits per heavy atom. The first-order valence-corrected chi connectivity index (χ1v) is 8.22. The topological polar surface area (TPSA) is 61.2 Å². The first-order valence-electron chi connectivity index (χ1n) is 8.22. The molecule has 3 rings (SSSR count). The first kappa shape index (κ1) is 17.0. The van der Waals surface area contributed by atoms with Crippen molar-refractivity contribution in [2.24, 2.45) is 0 Å². The van der Waals surface area contributed by atoms with Crippen LogP contribution in [0.1, 0.15) is 18.7 Å². The molecule has 0 saturated carbocycles. The van der Waals surface area contributed by atoms with E-state index in [0.717, 1.165) is 22.8 Å². The lowest BCUT2D eigenvalue weighted by molar-refractivity contribution is 0.146. The van der Waals surface area contributed by atoms with Gasteiger partial charge in [0.15, 0.2) is 0 Å². The highest BCUT2D eigenvalue weighted by Gasteiger charge is 2.11. The van der Waals surface area contributed by atoms with Crippen LogP contribution < -0.4 is 10.1 Å². The Labute approximate surface area is 147 Å². The van der Waals surface area contributed by atoms with Crippen LogP contribution in [0.3, 0.4) is 0 Å². The maximum absolute atomic E-state index is 5.64. The van der Waals surface area contributed by atoms with Crippen LogP contribution in [-0.2, 0) is 4.74 Å². The van der Waals surface area contributed by atoms with E-state index >= 15 is 0 Å². The SMILES string of the molecule is COCCOc1cccc(N[C@H](C)c2cn(-c3ccccc3)nn2)c1. The second-order valence-electron chi connectivity index (χ2n) is 5.66. The van der Waals surface area contributed by atoms with Crippen LogP contribution >= 0.6 is 0 Å². The monoisotopic (exact) mass is 338 g/mol. The zero-order chi connectivity index (χ0) is 17.5. The molecule has 6 heteroatoms. The molecule has 1 aromatic heterocycles. The van der Waals surface area contributed by atoms with E-state index in [9.17, 15) is 0 Å². The van der Waals surface area contributed by atoms with Gasteiger partial charge >= 0.3 is 0 Å². The summed E-state index contributed by atoms with van der Waals surface area (Å²) < 4.78 is 12.4. The molecule has 0 bridgehead atoms. The molecular weight excluding hydrogens is 316 g/mol. The average molecular weight is 338 g/mol. The van der Waals surface area contributed by atoms with Crippen LogP contribution in [0.15, 0.2) is 60.8 Å². The number of methoxy groups -OCH3 is 1. The summed E-state index contributed by atoms with van der Waals surface area (Å²) in [5.74, 6) is 0.808. The number of hydrogen-bond acceptors (Lipinski definition) is 5. The van der Waals surface area contributed by atoms with E-state index in [1.807, 2.05) is 60.8 Å². The third-order valence-electron chi connectivity index (χ3n) is 3.75. The normalized spacial score (nSPS) is 11.9. The van der Waals surface area contributed by atoms with E-state index in [4.69, 9.17) is 9.47 Å². The fraction of sp³-hybridized carbons (Fsp3) is 0.263. The quantitative estimate of drug-likeness (QED) is 0.637. The summed E-state index contributed by atoms with van der Waals surface area (Å²) in [6.07, 6.45) is 1.94. The number of para-hydroxylation sites is 1. The predicted molar refractivity (Wildman–Crippen MR) is 97.2 cm³/mol. The summed E-state index contributed by atoms with van der Waals surface area (Å²) in [5.41, 5.74) is 2.83. The van der Waals surface area contributed by atoms with Crippen molar-refractivity contribution in [2.45, 2.75) is 13.0 Å². The summed E-state index contributed by atoms with van der Waals surface area (Å²) in [6, 6.07) is 17.8. The van der Waals surface area contributed by atoms with Crippen molar-refractivity contribution < 1.29 is 9.47 Å². The van der Waals surface area contributed by atoms with Gasteiger partial charge in [0.05, 0.1) is 24.5 Å². The lowest BCUT2D eigenvalue weighted by atomic mass is 10.2. The van der Waals surface area contributed by atoms with Gasteiger partial charge in [-0.3, -0.25) is 0 Å². The van der Waals surface area contributed by atoms with Crippen LogP contribution in [0.25, 0.3) is 5.69 Å². The summed E-state index contributed by atoms with van der Waals surface area (Å²) in [6.45, 7) is 3.15. The molecule has 0 amide bonds. The van der Waals surface area contributed by atoms with Crippen LogP contribution in [0.2, 0.25) is 0 Å². The molecule has 0 unspecified atom stereocenters. The third-order valence-corrected chi connectivity index (χ3v) is 3.75. The highest BCUT2D eigenvalue weighted by Crippen LogP contribution is 2.22. The van der Waals surface area contributed by atoms with Gasteiger partial charge in [-0.25, -0.2) is 4.68 Å². The van der Waals surface area contributed by atoms with E-state index in [2.05, 4.69) is 22.6 Å². The van der Waals surface area contributed by atoms with Crippen LogP contribution in [-0.4, -0.2) is 35.3 Å². The van der Waals surface area contributed by atoms with E-state index in [1.165, 1.54) is 0 Å². The minimum absolute atomic E-state index is 0.0201. The summed E-state index contributed by atoms with van der Waals surface area (Å²) >= 11 is 0. The number of aromatic nitrogens is 3. The molecule has 0 saturated heterocycles. The van der Waals surface area contributed by atoms with Gasteiger partial charge in [0.25, 0.3) is 0 Å².